The number of esters is 1. The van der Waals surface area contributed by atoms with Crippen molar-refractivity contribution in [2.45, 2.75) is 13.3 Å². The van der Waals surface area contributed by atoms with Crippen molar-refractivity contribution in [1.29, 1.82) is 5.26 Å². The molecule has 0 unspecified atom stereocenters. The van der Waals surface area contributed by atoms with Gasteiger partial charge in [0.05, 0.1) is 41.1 Å². The van der Waals surface area contributed by atoms with Crippen molar-refractivity contribution in [3.8, 4) is 23.4 Å². The Morgan fingerprint density at radius 1 is 1.17 bits per heavy atom. The number of benzene rings is 2. The standard InChI is InChI=1S/C25H22N8O8/c1-3-39-21(34)13-18-22(33(37)38)24(40-20-11-15(14-26)7-8-19(20)32(35)36)29-25(28-18)30-41-17-6-4-5-16(12-17)23-27-9-10-31(23)2/h4-8,11-12H,3,9-10,13H2,1-2H3,(H,28,29,30). The van der Waals surface area contributed by atoms with Gasteiger partial charge in [-0.2, -0.15) is 15.7 Å². The molecule has 1 aliphatic heterocycles. The highest BCUT2D eigenvalue weighted by Gasteiger charge is 2.31. The van der Waals surface area contributed by atoms with Gasteiger partial charge in [-0.15, -0.1) is 0 Å². The van der Waals surface area contributed by atoms with Crippen LogP contribution in [0.25, 0.3) is 0 Å². The van der Waals surface area contributed by atoms with Gasteiger partial charge in [-0.05, 0) is 25.1 Å². The highest BCUT2D eigenvalue weighted by molar-refractivity contribution is 5.99. The minimum Gasteiger partial charge on any atom is -0.466 e. The fraction of sp³-hybridized carbons (Fsp3) is 0.240. The zero-order valence-electron chi connectivity index (χ0n) is 21.8. The fourth-order valence-corrected chi connectivity index (χ4v) is 3.82. The third-order valence-corrected chi connectivity index (χ3v) is 5.63. The second kappa shape index (κ2) is 12.3. The average Bonchev–Trinajstić information content (AvgIpc) is 3.37. The van der Waals surface area contributed by atoms with Crippen molar-refractivity contribution >= 4 is 29.1 Å². The smallest absolute Gasteiger partial charge is 0.353 e. The summed E-state index contributed by atoms with van der Waals surface area (Å²) in [5, 5.41) is 32.8. The molecule has 16 nitrogen and oxygen atoms in total. The number of nitriles is 1. The van der Waals surface area contributed by atoms with E-state index in [-0.39, 0.29) is 18.1 Å². The van der Waals surface area contributed by atoms with E-state index in [2.05, 4.69) is 20.4 Å². The SMILES string of the molecule is CCOC(=O)Cc1nc(NOc2cccc(C3=NCCN3C)c2)nc(Oc2cc(C#N)ccc2[N+](=O)[O-])c1[N+](=O)[O-]. The molecule has 0 saturated carbocycles. The lowest BCUT2D eigenvalue weighted by atomic mass is 10.2. The summed E-state index contributed by atoms with van der Waals surface area (Å²) in [5.74, 6) is -1.30. The summed E-state index contributed by atoms with van der Waals surface area (Å²) in [4.78, 5) is 54.2. The molecule has 0 bridgehead atoms. The lowest BCUT2D eigenvalue weighted by Crippen LogP contribution is -2.23. The summed E-state index contributed by atoms with van der Waals surface area (Å²) >= 11 is 0. The first-order chi connectivity index (χ1) is 19.7. The van der Waals surface area contributed by atoms with Gasteiger partial charge in [-0.1, -0.05) is 12.1 Å². The molecule has 0 amide bonds. The maximum atomic E-state index is 12.2. The minimum absolute atomic E-state index is 0.00636. The predicted molar refractivity (Wildman–Crippen MR) is 142 cm³/mol. The van der Waals surface area contributed by atoms with E-state index in [4.69, 9.17) is 14.3 Å². The summed E-state index contributed by atoms with van der Waals surface area (Å²) in [7, 11) is 1.91. The lowest BCUT2D eigenvalue weighted by molar-refractivity contribution is -0.388. The van der Waals surface area contributed by atoms with Gasteiger partial charge in [0.2, 0.25) is 5.75 Å². The van der Waals surface area contributed by atoms with Crippen molar-refractivity contribution in [3.63, 3.8) is 0 Å². The molecule has 0 spiro atoms. The highest BCUT2D eigenvalue weighted by Crippen LogP contribution is 2.37. The maximum Gasteiger partial charge on any atom is 0.353 e. The Morgan fingerprint density at radius 2 is 1.98 bits per heavy atom. The number of ether oxygens (including phenoxy) is 2. The molecule has 2 heterocycles. The van der Waals surface area contributed by atoms with Crippen LogP contribution < -0.4 is 15.1 Å². The van der Waals surface area contributed by atoms with Crippen LogP contribution in [0.15, 0.2) is 47.5 Å². The largest absolute Gasteiger partial charge is 0.466 e. The van der Waals surface area contributed by atoms with Gasteiger partial charge >= 0.3 is 23.2 Å². The number of nitrogens with zero attached hydrogens (tertiary/aromatic N) is 7. The molecule has 1 aromatic heterocycles. The highest BCUT2D eigenvalue weighted by atomic mass is 16.7. The normalized spacial score (nSPS) is 12.2. The van der Waals surface area contributed by atoms with Crippen LogP contribution in [0, 0.1) is 31.6 Å². The third kappa shape index (κ3) is 6.60. The molecule has 0 radical (unpaired) electrons. The van der Waals surface area contributed by atoms with Crippen molar-refractivity contribution < 1.29 is 29.0 Å². The lowest BCUT2D eigenvalue weighted by Gasteiger charge is -2.15. The molecule has 4 rings (SSSR count). The number of amidine groups is 1. The van der Waals surface area contributed by atoms with E-state index in [9.17, 15) is 30.3 Å². The molecule has 1 aliphatic rings. The van der Waals surface area contributed by atoms with Crippen LogP contribution in [0.3, 0.4) is 0 Å². The topological polar surface area (TPSA) is 208 Å². The molecule has 0 fully saturated rings. The number of carbonyl (C=O) groups is 1. The quantitative estimate of drug-likeness (QED) is 0.202. The van der Waals surface area contributed by atoms with Crippen molar-refractivity contribution in [1.82, 2.24) is 14.9 Å². The predicted octanol–water partition coefficient (Wildman–Crippen LogP) is 3.16. The second-order valence-corrected chi connectivity index (χ2v) is 8.40. The molecule has 3 aromatic rings. The Hall–Kier alpha value is -5.85. The first-order valence-electron chi connectivity index (χ1n) is 12.1. The number of anilines is 1. The Kier molecular flexibility index (Phi) is 8.48. The average molecular weight is 562 g/mol. The molecule has 210 valence electrons. The number of rotatable bonds is 11. The summed E-state index contributed by atoms with van der Waals surface area (Å²) in [6.07, 6.45) is -0.639. The molecule has 0 aliphatic carbocycles. The fourth-order valence-electron chi connectivity index (χ4n) is 3.82. The number of hydrogen-bond acceptors (Lipinski definition) is 14. The molecular weight excluding hydrogens is 540 g/mol. The number of nitrogens with one attached hydrogen (secondary N) is 1. The molecular formula is C25H22N8O8. The van der Waals surface area contributed by atoms with Crippen molar-refractivity contribution in [2.75, 3.05) is 32.2 Å². The number of likely N-dealkylation sites (N-methyl/N-ethyl adjacent to an activating group) is 1. The molecule has 1 N–H and O–H groups in total. The van der Waals surface area contributed by atoms with E-state index in [0.717, 1.165) is 30.1 Å². The van der Waals surface area contributed by atoms with Gasteiger partial charge in [0, 0.05) is 31.3 Å². The van der Waals surface area contributed by atoms with Gasteiger partial charge in [0.1, 0.15) is 11.5 Å². The number of aliphatic imine (C=N–C) groups is 1. The molecule has 0 atom stereocenters. The van der Waals surface area contributed by atoms with Gasteiger partial charge in [0.15, 0.2) is 5.75 Å². The summed E-state index contributed by atoms with van der Waals surface area (Å²) in [6.45, 7) is 3.01. The monoisotopic (exact) mass is 562 g/mol. The van der Waals surface area contributed by atoms with Crippen LogP contribution >= 0.6 is 0 Å². The summed E-state index contributed by atoms with van der Waals surface area (Å²) in [5.41, 5.74) is 1.44. The molecule has 41 heavy (non-hydrogen) atoms. The number of nitro benzene ring substituents is 1. The maximum absolute atomic E-state index is 12.2. The van der Waals surface area contributed by atoms with E-state index in [1.807, 2.05) is 24.1 Å². The van der Waals surface area contributed by atoms with Gasteiger partial charge in [-0.25, -0.2) is 4.98 Å². The van der Waals surface area contributed by atoms with E-state index in [1.54, 1.807) is 25.1 Å². The van der Waals surface area contributed by atoms with Crippen molar-refractivity contribution in [2.24, 2.45) is 4.99 Å². The zero-order chi connectivity index (χ0) is 29.5. The molecule has 2 aromatic carbocycles. The minimum atomic E-state index is -0.892. The first-order valence-corrected chi connectivity index (χ1v) is 12.1. The van der Waals surface area contributed by atoms with E-state index in [0.29, 0.717) is 12.3 Å². The van der Waals surface area contributed by atoms with Crippen LogP contribution in [-0.4, -0.2) is 63.3 Å². The van der Waals surface area contributed by atoms with Gasteiger partial charge in [0.25, 0.3) is 5.95 Å². The first kappa shape index (κ1) is 28.2. The van der Waals surface area contributed by atoms with E-state index in [1.165, 1.54) is 6.07 Å². The number of aromatic nitrogens is 2. The summed E-state index contributed by atoms with van der Waals surface area (Å²) in [6, 6.07) is 12.0. The Bertz CT molecular complexity index is 1590. The van der Waals surface area contributed by atoms with Crippen LogP contribution in [0.2, 0.25) is 0 Å². The number of carbonyl (C=O) groups excluding carboxylic acids is 1. The Labute approximate surface area is 232 Å². The van der Waals surface area contributed by atoms with E-state index < -0.39 is 50.9 Å². The number of nitro groups is 2. The van der Waals surface area contributed by atoms with Gasteiger partial charge in [-0.3, -0.25) is 30.0 Å². The third-order valence-electron chi connectivity index (χ3n) is 5.63. The van der Waals surface area contributed by atoms with E-state index >= 15 is 0 Å². The van der Waals surface area contributed by atoms with Crippen LogP contribution in [0.1, 0.15) is 23.7 Å². The van der Waals surface area contributed by atoms with Crippen LogP contribution in [-0.2, 0) is 16.0 Å². The van der Waals surface area contributed by atoms with Crippen molar-refractivity contribution in [3.05, 3.63) is 79.5 Å². The van der Waals surface area contributed by atoms with Gasteiger partial charge < -0.3 is 19.2 Å². The van der Waals surface area contributed by atoms with Crippen LogP contribution in [0.4, 0.5) is 17.3 Å². The second-order valence-electron chi connectivity index (χ2n) is 8.40. The summed E-state index contributed by atoms with van der Waals surface area (Å²) < 4.78 is 10.4. The number of hydrogen-bond donors (Lipinski definition) is 1. The van der Waals surface area contributed by atoms with Crippen LogP contribution in [0.5, 0.6) is 17.4 Å². The molecule has 16 heteroatoms. The molecule has 0 saturated heterocycles. The Balaban J connectivity index is 1.73. The Morgan fingerprint density at radius 3 is 2.63 bits per heavy atom. The zero-order valence-corrected chi connectivity index (χ0v) is 21.8.